The average Bonchev–Trinajstić information content (AvgIpc) is 2.38. The molecule has 4 nitrogen and oxygen atoms in total. The maximum Gasteiger partial charge on any atom is 0.306 e. The van der Waals surface area contributed by atoms with Crippen molar-refractivity contribution in [1.29, 1.82) is 0 Å². The third-order valence-corrected chi connectivity index (χ3v) is 4.54. The van der Waals surface area contributed by atoms with Crippen molar-refractivity contribution in [3.8, 4) is 0 Å². The first kappa shape index (κ1) is 15.9. The van der Waals surface area contributed by atoms with E-state index >= 15 is 0 Å². The zero-order chi connectivity index (χ0) is 15.6. The Morgan fingerprint density at radius 2 is 2.05 bits per heavy atom. The monoisotopic (exact) mass is 327 g/mol. The number of likely N-dealkylation sites (tertiary alicyclic amines) is 1. The number of nitrogens with zero attached hydrogens (tertiary/aromatic N) is 1. The molecule has 1 saturated heterocycles. The van der Waals surface area contributed by atoms with Crippen LogP contribution in [0, 0.1) is 11.8 Å². The molecule has 0 bridgehead atoms. The Hall–Kier alpha value is -1.52. The molecule has 0 saturated carbocycles. The first-order valence-corrected chi connectivity index (χ1v) is 7.29. The lowest BCUT2D eigenvalue weighted by atomic mass is 9.87. The van der Waals surface area contributed by atoms with E-state index in [2.05, 4.69) is 0 Å². The third-order valence-electron chi connectivity index (χ3n) is 3.71. The lowest BCUT2D eigenvalue weighted by molar-refractivity contribution is -0.148. The van der Waals surface area contributed by atoms with Crippen LogP contribution < -0.4 is 0 Å². The number of amides is 1. The minimum atomic E-state index is -0.826. The third kappa shape index (κ3) is 3.57. The van der Waals surface area contributed by atoms with Gasteiger partial charge in [-0.1, -0.05) is 42.3 Å². The van der Waals surface area contributed by atoms with E-state index in [1.54, 1.807) is 36.1 Å². The summed E-state index contributed by atoms with van der Waals surface area (Å²) in [4.78, 5) is 24.4. The molecular formula is C15H15Cl2NO3. The SMILES string of the molecule is CC(C(=O)O)C1CN(C(=O)/C=C/c2cccc(Cl)c2Cl)C1. The maximum atomic E-state index is 11.9. The van der Waals surface area contributed by atoms with Crippen LogP contribution in [0.4, 0.5) is 0 Å². The number of hydrogen-bond donors (Lipinski definition) is 1. The summed E-state index contributed by atoms with van der Waals surface area (Å²) in [5.41, 5.74) is 0.675. The Kier molecular flexibility index (Phi) is 4.91. The molecule has 112 valence electrons. The maximum absolute atomic E-state index is 11.9. The largest absolute Gasteiger partial charge is 0.481 e. The molecule has 0 radical (unpaired) electrons. The van der Waals surface area contributed by atoms with Gasteiger partial charge in [-0.2, -0.15) is 0 Å². The number of aliphatic carboxylic acids is 1. The molecule has 1 N–H and O–H groups in total. The van der Waals surface area contributed by atoms with Crippen molar-refractivity contribution >= 4 is 41.2 Å². The van der Waals surface area contributed by atoms with Gasteiger partial charge in [0.2, 0.25) is 5.91 Å². The molecule has 6 heteroatoms. The van der Waals surface area contributed by atoms with Crippen LogP contribution in [-0.4, -0.2) is 35.0 Å². The molecule has 2 rings (SSSR count). The highest BCUT2D eigenvalue weighted by molar-refractivity contribution is 6.42. The van der Waals surface area contributed by atoms with E-state index < -0.39 is 11.9 Å². The number of rotatable bonds is 4. The lowest BCUT2D eigenvalue weighted by Gasteiger charge is -2.40. The minimum absolute atomic E-state index is 0.0228. The van der Waals surface area contributed by atoms with Gasteiger partial charge in [-0.3, -0.25) is 9.59 Å². The van der Waals surface area contributed by atoms with Crippen LogP contribution in [0.1, 0.15) is 12.5 Å². The summed E-state index contributed by atoms with van der Waals surface area (Å²) in [7, 11) is 0. The number of carboxylic acids is 1. The Bertz CT molecular complexity index is 595. The number of carbonyl (C=O) groups excluding carboxylic acids is 1. The molecule has 1 unspecified atom stereocenters. The van der Waals surface area contributed by atoms with Crippen LogP contribution in [0.25, 0.3) is 6.08 Å². The summed E-state index contributed by atoms with van der Waals surface area (Å²) in [5.74, 6) is -1.39. The molecule has 21 heavy (non-hydrogen) atoms. The van der Waals surface area contributed by atoms with Gasteiger partial charge in [-0.15, -0.1) is 0 Å². The predicted octanol–water partition coefficient (Wildman–Crippen LogP) is 3.19. The molecule has 1 aliphatic rings. The van der Waals surface area contributed by atoms with Gasteiger partial charge in [-0.05, 0) is 17.7 Å². The highest BCUT2D eigenvalue weighted by atomic mass is 35.5. The number of carbonyl (C=O) groups is 2. The smallest absolute Gasteiger partial charge is 0.306 e. The van der Waals surface area contributed by atoms with Gasteiger partial charge < -0.3 is 10.0 Å². The molecule has 1 aromatic carbocycles. The van der Waals surface area contributed by atoms with E-state index in [0.717, 1.165) is 0 Å². The van der Waals surface area contributed by atoms with Gasteiger partial charge in [-0.25, -0.2) is 0 Å². The van der Waals surface area contributed by atoms with Crippen LogP contribution in [0.2, 0.25) is 10.0 Å². The Morgan fingerprint density at radius 1 is 1.38 bits per heavy atom. The van der Waals surface area contributed by atoms with E-state index in [1.807, 2.05) is 0 Å². The van der Waals surface area contributed by atoms with Gasteiger partial charge in [0.1, 0.15) is 0 Å². The fourth-order valence-corrected chi connectivity index (χ4v) is 2.50. The van der Waals surface area contributed by atoms with Gasteiger partial charge >= 0.3 is 5.97 Å². The molecule has 0 spiro atoms. The summed E-state index contributed by atoms with van der Waals surface area (Å²) < 4.78 is 0. The quantitative estimate of drug-likeness (QED) is 0.864. The Balaban J connectivity index is 1.93. The molecule has 0 aromatic heterocycles. The zero-order valence-corrected chi connectivity index (χ0v) is 12.9. The van der Waals surface area contributed by atoms with Crippen molar-refractivity contribution in [1.82, 2.24) is 4.90 Å². The molecule has 1 aliphatic heterocycles. The topological polar surface area (TPSA) is 57.6 Å². The molecule has 1 atom stereocenters. The van der Waals surface area contributed by atoms with E-state index in [0.29, 0.717) is 28.7 Å². The van der Waals surface area contributed by atoms with E-state index in [4.69, 9.17) is 28.3 Å². The first-order valence-electron chi connectivity index (χ1n) is 6.54. The second-order valence-electron chi connectivity index (χ2n) is 5.11. The van der Waals surface area contributed by atoms with Crippen molar-refractivity contribution in [2.45, 2.75) is 6.92 Å². The summed E-state index contributed by atoms with van der Waals surface area (Å²) in [5, 5.41) is 9.75. The number of carboxylic acid groups (broad SMARTS) is 1. The van der Waals surface area contributed by atoms with Crippen molar-refractivity contribution in [2.75, 3.05) is 13.1 Å². The normalized spacial score (nSPS) is 16.8. The molecule has 1 fully saturated rings. The molecular weight excluding hydrogens is 313 g/mol. The van der Waals surface area contributed by atoms with Crippen LogP contribution in [-0.2, 0) is 9.59 Å². The zero-order valence-electron chi connectivity index (χ0n) is 11.4. The summed E-state index contributed by atoms with van der Waals surface area (Å²) in [6, 6.07) is 5.20. The van der Waals surface area contributed by atoms with Gasteiger partial charge in [0.05, 0.1) is 16.0 Å². The number of benzene rings is 1. The van der Waals surface area contributed by atoms with Gasteiger partial charge in [0.25, 0.3) is 0 Å². The van der Waals surface area contributed by atoms with Gasteiger partial charge in [0.15, 0.2) is 0 Å². The minimum Gasteiger partial charge on any atom is -0.481 e. The van der Waals surface area contributed by atoms with Crippen LogP contribution in [0.5, 0.6) is 0 Å². The van der Waals surface area contributed by atoms with Crippen LogP contribution in [0.15, 0.2) is 24.3 Å². The molecule has 1 amide bonds. The fourth-order valence-electron chi connectivity index (χ4n) is 2.13. The second-order valence-corrected chi connectivity index (χ2v) is 5.89. The predicted molar refractivity (Wildman–Crippen MR) is 82.4 cm³/mol. The Morgan fingerprint density at radius 3 is 2.67 bits per heavy atom. The number of hydrogen-bond acceptors (Lipinski definition) is 2. The van der Waals surface area contributed by atoms with E-state index in [1.165, 1.54) is 6.08 Å². The summed E-state index contributed by atoms with van der Waals surface area (Å²) in [6.45, 7) is 2.61. The first-order chi connectivity index (χ1) is 9.90. The molecule has 0 aliphatic carbocycles. The summed E-state index contributed by atoms with van der Waals surface area (Å²) >= 11 is 11.9. The second kappa shape index (κ2) is 6.50. The highest BCUT2D eigenvalue weighted by Crippen LogP contribution is 2.27. The lowest BCUT2D eigenvalue weighted by Crippen LogP contribution is -2.53. The van der Waals surface area contributed by atoms with Crippen LogP contribution >= 0.6 is 23.2 Å². The van der Waals surface area contributed by atoms with Crippen molar-refractivity contribution < 1.29 is 14.7 Å². The summed E-state index contributed by atoms with van der Waals surface area (Å²) in [6.07, 6.45) is 3.05. The fraction of sp³-hybridized carbons (Fsp3) is 0.333. The van der Waals surface area contributed by atoms with Crippen molar-refractivity contribution in [3.63, 3.8) is 0 Å². The average molecular weight is 328 g/mol. The Labute approximate surface area is 133 Å². The van der Waals surface area contributed by atoms with Crippen LogP contribution in [0.3, 0.4) is 0 Å². The van der Waals surface area contributed by atoms with E-state index in [9.17, 15) is 9.59 Å². The molecule has 1 heterocycles. The highest BCUT2D eigenvalue weighted by Gasteiger charge is 2.36. The molecule has 1 aromatic rings. The van der Waals surface area contributed by atoms with E-state index in [-0.39, 0.29) is 11.8 Å². The van der Waals surface area contributed by atoms with Crippen molar-refractivity contribution in [3.05, 3.63) is 39.9 Å². The number of halogens is 2. The van der Waals surface area contributed by atoms with Gasteiger partial charge in [0, 0.05) is 25.1 Å². The standard InChI is InChI=1S/C15H15Cl2NO3/c1-9(15(20)21)11-7-18(8-11)13(19)6-5-10-3-2-4-12(16)14(10)17/h2-6,9,11H,7-8H2,1H3,(H,20,21)/b6-5+. The van der Waals surface area contributed by atoms with Crippen molar-refractivity contribution in [2.24, 2.45) is 11.8 Å².